The molecule has 0 atom stereocenters. The van der Waals surface area contributed by atoms with Crippen LogP contribution in [0.5, 0.6) is 0 Å². The summed E-state index contributed by atoms with van der Waals surface area (Å²) in [6.45, 7) is 2.04. The Morgan fingerprint density at radius 1 is 0.885 bits per heavy atom. The predicted molar refractivity (Wildman–Crippen MR) is 110 cm³/mol. The first-order valence-electron chi connectivity index (χ1n) is 11.1. The van der Waals surface area contributed by atoms with Gasteiger partial charge in [-0.3, -0.25) is 4.39 Å². The van der Waals surface area contributed by atoms with Crippen LogP contribution in [-0.4, -0.2) is 6.67 Å². The van der Waals surface area contributed by atoms with Gasteiger partial charge in [0.15, 0.2) is 0 Å². The first-order valence-corrected chi connectivity index (χ1v) is 11.1. The van der Waals surface area contributed by atoms with Crippen LogP contribution < -0.4 is 0 Å². The summed E-state index contributed by atoms with van der Waals surface area (Å²) in [5.74, 6) is 3.42. The van der Waals surface area contributed by atoms with Crippen LogP contribution in [0.25, 0.3) is 0 Å². The summed E-state index contributed by atoms with van der Waals surface area (Å²) in [6.07, 6.45) is 18.4. The highest BCUT2D eigenvalue weighted by molar-refractivity contribution is 5.26. The third kappa shape index (κ3) is 5.44. The highest BCUT2D eigenvalue weighted by Crippen LogP contribution is 2.44. The number of rotatable bonds is 7. The van der Waals surface area contributed by atoms with Gasteiger partial charge in [-0.2, -0.15) is 0 Å². The lowest BCUT2D eigenvalue weighted by Crippen LogP contribution is -2.25. The molecular weight excluding hydrogens is 319 g/mol. The second-order valence-corrected chi connectivity index (χ2v) is 8.68. The van der Waals surface area contributed by atoms with Gasteiger partial charge in [-0.15, -0.1) is 0 Å². The van der Waals surface area contributed by atoms with Crippen molar-refractivity contribution in [3.05, 3.63) is 47.5 Å². The average Bonchev–Trinajstić information content (AvgIpc) is 2.70. The Balaban J connectivity index is 1.42. The molecule has 0 saturated heterocycles. The zero-order valence-corrected chi connectivity index (χ0v) is 16.6. The van der Waals surface area contributed by atoms with Gasteiger partial charge in [0.2, 0.25) is 0 Å². The van der Waals surface area contributed by atoms with Gasteiger partial charge in [-0.05, 0) is 99.0 Å². The molecule has 144 valence electrons. The van der Waals surface area contributed by atoms with E-state index in [1.165, 1.54) is 69.8 Å². The summed E-state index contributed by atoms with van der Waals surface area (Å²) in [4.78, 5) is 0. The van der Waals surface area contributed by atoms with Gasteiger partial charge in [0.25, 0.3) is 0 Å². The minimum atomic E-state index is -0.212. The fourth-order valence-corrected chi connectivity index (χ4v) is 5.33. The quantitative estimate of drug-likeness (QED) is 0.440. The van der Waals surface area contributed by atoms with E-state index in [0.29, 0.717) is 6.42 Å². The van der Waals surface area contributed by atoms with Crippen LogP contribution >= 0.6 is 0 Å². The Bertz CT molecular complexity index is 528. The maximum Gasteiger partial charge on any atom is 0.0928 e. The molecule has 2 fully saturated rings. The van der Waals surface area contributed by atoms with Gasteiger partial charge in [-0.25, -0.2) is 0 Å². The molecule has 0 radical (unpaired) electrons. The minimum Gasteiger partial charge on any atom is -0.251 e. The lowest BCUT2D eigenvalue weighted by molar-refractivity contribution is 0.171. The highest BCUT2D eigenvalue weighted by Gasteiger charge is 2.30. The van der Waals surface area contributed by atoms with Crippen molar-refractivity contribution < 1.29 is 4.39 Å². The van der Waals surface area contributed by atoms with Gasteiger partial charge in [0.05, 0.1) is 6.67 Å². The zero-order valence-electron chi connectivity index (χ0n) is 16.6. The van der Waals surface area contributed by atoms with Gasteiger partial charge >= 0.3 is 0 Å². The predicted octanol–water partition coefficient (Wildman–Crippen LogP) is 7.64. The molecule has 0 bridgehead atoms. The van der Waals surface area contributed by atoms with Crippen molar-refractivity contribution in [3.63, 3.8) is 0 Å². The first kappa shape index (κ1) is 19.6. The number of hydrogen-bond acceptors (Lipinski definition) is 0. The molecule has 0 nitrogen and oxygen atoms in total. The third-order valence-electron chi connectivity index (χ3n) is 6.93. The molecule has 3 rings (SSSR count). The van der Waals surface area contributed by atoms with Gasteiger partial charge in [0, 0.05) is 0 Å². The number of alkyl halides is 1. The molecule has 0 heterocycles. The van der Waals surface area contributed by atoms with Crippen LogP contribution in [0.15, 0.2) is 36.4 Å². The molecule has 0 unspecified atom stereocenters. The van der Waals surface area contributed by atoms with Crippen LogP contribution in [0.2, 0.25) is 0 Å². The molecule has 2 aliphatic rings. The minimum absolute atomic E-state index is 0.212. The van der Waals surface area contributed by atoms with Crippen LogP contribution in [-0.2, 0) is 6.42 Å². The maximum atomic E-state index is 12.2. The molecule has 0 aromatic heterocycles. The van der Waals surface area contributed by atoms with E-state index in [2.05, 4.69) is 43.3 Å². The second-order valence-electron chi connectivity index (χ2n) is 8.68. The van der Waals surface area contributed by atoms with Crippen LogP contribution in [0.3, 0.4) is 0 Å². The van der Waals surface area contributed by atoms with Crippen LogP contribution in [0, 0.1) is 17.8 Å². The topological polar surface area (TPSA) is 0 Å². The van der Waals surface area contributed by atoms with E-state index in [4.69, 9.17) is 0 Å². The number of benzene rings is 1. The average molecular weight is 357 g/mol. The van der Waals surface area contributed by atoms with Crippen molar-refractivity contribution >= 4 is 0 Å². The second kappa shape index (κ2) is 10.3. The fraction of sp³-hybridized carbons (Fsp3) is 0.680. The van der Waals surface area contributed by atoms with E-state index in [1.54, 1.807) is 5.56 Å². The van der Waals surface area contributed by atoms with Crippen molar-refractivity contribution in [2.75, 3.05) is 6.67 Å². The monoisotopic (exact) mass is 356 g/mol. The van der Waals surface area contributed by atoms with Crippen molar-refractivity contribution in [2.24, 2.45) is 17.8 Å². The van der Waals surface area contributed by atoms with Crippen molar-refractivity contribution in [2.45, 2.75) is 83.5 Å². The Hall–Kier alpha value is -1.11. The van der Waals surface area contributed by atoms with Gasteiger partial charge in [0.1, 0.15) is 0 Å². The van der Waals surface area contributed by atoms with Crippen molar-refractivity contribution in [1.82, 2.24) is 0 Å². The smallest absolute Gasteiger partial charge is 0.0928 e. The highest BCUT2D eigenvalue weighted by atomic mass is 19.1. The number of allylic oxidation sites excluding steroid dienone is 2. The maximum absolute atomic E-state index is 12.2. The van der Waals surface area contributed by atoms with Crippen molar-refractivity contribution in [1.29, 1.82) is 0 Å². The van der Waals surface area contributed by atoms with E-state index in [1.807, 2.05) is 0 Å². The molecule has 2 saturated carbocycles. The first-order chi connectivity index (χ1) is 12.8. The molecule has 2 aliphatic carbocycles. The molecule has 0 N–H and O–H groups in total. The Morgan fingerprint density at radius 3 is 2.08 bits per heavy atom. The Morgan fingerprint density at radius 2 is 1.50 bits per heavy atom. The molecule has 1 heteroatoms. The number of halogens is 1. The largest absolute Gasteiger partial charge is 0.251 e. The molecular formula is C25H37F. The Labute approximate surface area is 160 Å². The molecule has 0 spiro atoms. The zero-order chi connectivity index (χ0) is 18.2. The fourth-order valence-electron chi connectivity index (χ4n) is 5.33. The molecule has 1 aromatic rings. The van der Waals surface area contributed by atoms with E-state index < -0.39 is 0 Å². The van der Waals surface area contributed by atoms with Gasteiger partial charge < -0.3 is 0 Å². The standard InChI is InChI=1S/C25H37F/c1-2-5-20-7-11-22(12-8-20)24-15-17-25(18-16-24)23-13-9-21(10-14-23)6-3-4-19-26/h3,6-8,11-12,21,23-25H,2,4-5,9-10,13-19H2,1H3. The molecule has 0 amide bonds. The SMILES string of the molecule is CCCc1ccc(C2CCC(C3CCC(C=CCCF)CC3)CC2)cc1. The normalized spacial score (nSPS) is 29.9. The molecule has 26 heavy (non-hydrogen) atoms. The number of aryl methyl sites for hydroxylation is 1. The summed E-state index contributed by atoms with van der Waals surface area (Å²) < 4.78 is 12.2. The lowest BCUT2D eigenvalue weighted by atomic mass is 9.68. The van der Waals surface area contributed by atoms with Gasteiger partial charge in [-0.1, -0.05) is 49.8 Å². The van der Waals surface area contributed by atoms with Crippen LogP contribution in [0.4, 0.5) is 4.39 Å². The number of hydrogen-bond donors (Lipinski definition) is 0. The summed E-state index contributed by atoms with van der Waals surface area (Å²) in [5, 5.41) is 0. The molecule has 0 aliphatic heterocycles. The lowest BCUT2D eigenvalue weighted by Gasteiger charge is -2.37. The summed E-state index contributed by atoms with van der Waals surface area (Å²) in [6, 6.07) is 9.49. The third-order valence-corrected chi connectivity index (χ3v) is 6.93. The van der Waals surface area contributed by atoms with E-state index in [0.717, 1.165) is 23.7 Å². The van der Waals surface area contributed by atoms with E-state index >= 15 is 0 Å². The summed E-state index contributed by atoms with van der Waals surface area (Å²) in [5.41, 5.74) is 3.06. The molecule has 1 aromatic carbocycles. The Kier molecular flexibility index (Phi) is 7.77. The van der Waals surface area contributed by atoms with E-state index in [-0.39, 0.29) is 6.67 Å². The van der Waals surface area contributed by atoms with Crippen molar-refractivity contribution in [3.8, 4) is 0 Å². The van der Waals surface area contributed by atoms with Crippen LogP contribution in [0.1, 0.15) is 88.2 Å². The summed E-state index contributed by atoms with van der Waals surface area (Å²) >= 11 is 0. The van der Waals surface area contributed by atoms with E-state index in [9.17, 15) is 4.39 Å². The summed E-state index contributed by atoms with van der Waals surface area (Å²) in [7, 11) is 0.